The maximum atomic E-state index is 12.9. The molecule has 4 rings (SSSR count). The molecule has 42 heavy (non-hydrogen) atoms. The summed E-state index contributed by atoms with van der Waals surface area (Å²) in [6.45, 7) is 11.5. The molecule has 15 heteroatoms. The Labute approximate surface area is 243 Å². The number of hydrogen-bond acceptors (Lipinski definition) is 13. The predicted molar refractivity (Wildman–Crippen MR) is 145 cm³/mol. The first-order valence-corrected chi connectivity index (χ1v) is 13.5. The first-order chi connectivity index (χ1) is 19.7. The summed E-state index contributed by atoms with van der Waals surface area (Å²) in [5, 5.41) is 4.35. The van der Waals surface area contributed by atoms with Crippen LogP contribution in [0.15, 0.2) is 23.5 Å². The summed E-state index contributed by atoms with van der Waals surface area (Å²) in [5.74, 6) is 0.375. The lowest BCUT2D eigenvalue weighted by Crippen LogP contribution is -2.44. The lowest BCUT2D eigenvalue weighted by Gasteiger charge is -2.28. The Morgan fingerprint density at radius 3 is 2.17 bits per heavy atom. The minimum atomic E-state index is -1.82. The van der Waals surface area contributed by atoms with Crippen molar-refractivity contribution in [3.8, 4) is 0 Å². The van der Waals surface area contributed by atoms with Gasteiger partial charge in [0.1, 0.15) is 17.9 Å². The number of rotatable bonds is 9. The van der Waals surface area contributed by atoms with Gasteiger partial charge in [-0.25, -0.2) is 28.9 Å². The van der Waals surface area contributed by atoms with Gasteiger partial charge in [-0.1, -0.05) is 0 Å². The van der Waals surface area contributed by atoms with E-state index in [0.29, 0.717) is 17.0 Å². The van der Waals surface area contributed by atoms with E-state index in [1.807, 2.05) is 14.1 Å². The Bertz CT molecular complexity index is 1360. The summed E-state index contributed by atoms with van der Waals surface area (Å²) in [5.41, 5.74) is -2.34. The van der Waals surface area contributed by atoms with Crippen molar-refractivity contribution in [3.05, 3.63) is 24.2 Å². The van der Waals surface area contributed by atoms with Gasteiger partial charge >= 0.3 is 18.5 Å². The Kier molecular flexibility index (Phi) is 8.53. The van der Waals surface area contributed by atoms with E-state index in [1.54, 1.807) is 71.8 Å². The molecule has 2 aliphatic rings. The quantitative estimate of drug-likeness (QED) is 0.178. The number of aliphatic imine (C=N–C) groups is 1. The highest BCUT2D eigenvalue weighted by Crippen LogP contribution is 2.68. The van der Waals surface area contributed by atoms with E-state index < -0.39 is 66.3 Å². The SMILES string of the molecule is CC(C)OC(=O)OC1[C@@]2(C)O[C@@H](c3ccc4c(N=CN(C)C)ncnn34)[C@H](OC(=O)OC(C)C)[C@@]12OC(=O)OC(C)C. The zero-order chi connectivity index (χ0) is 31.0. The van der Waals surface area contributed by atoms with Gasteiger partial charge in [0.05, 0.1) is 30.3 Å². The zero-order valence-corrected chi connectivity index (χ0v) is 25.1. The largest absolute Gasteiger partial charge is 0.509 e. The summed E-state index contributed by atoms with van der Waals surface area (Å²) >= 11 is 0. The molecule has 2 aromatic rings. The van der Waals surface area contributed by atoms with Crippen molar-refractivity contribution >= 4 is 36.1 Å². The highest BCUT2D eigenvalue weighted by atomic mass is 16.8. The Morgan fingerprint density at radius 1 is 0.976 bits per heavy atom. The summed E-state index contributed by atoms with van der Waals surface area (Å²) in [6, 6.07) is 3.43. The number of aromatic nitrogens is 3. The van der Waals surface area contributed by atoms with Gasteiger partial charge in [0.25, 0.3) is 0 Å². The van der Waals surface area contributed by atoms with E-state index >= 15 is 0 Å². The van der Waals surface area contributed by atoms with E-state index in [-0.39, 0.29) is 0 Å². The van der Waals surface area contributed by atoms with Gasteiger partial charge in [-0.2, -0.15) is 5.10 Å². The molecule has 1 aliphatic carbocycles. The van der Waals surface area contributed by atoms with Crippen LogP contribution in [0.4, 0.5) is 20.2 Å². The second-order valence-corrected chi connectivity index (χ2v) is 11.2. The maximum absolute atomic E-state index is 12.9. The van der Waals surface area contributed by atoms with Crippen molar-refractivity contribution in [1.82, 2.24) is 19.5 Å². The van der Waals surface area contributed by atoms with Crippen molar-refractivity contribution < 1.29 is 47.5 Å². The highest BCUT2D eigenvalue weighted by molar-refractivity contribution is 5.71. The molecule has 2 aromatic heterocycles. The Balaban J connectivity index is 1.79. The molecule has 1 unspecified atom stereocenters. The highest BCUT2D eigenvalue weighted by Gasteiger charge is 2.92. The van der Waals surface area contributed by atoms with Gasteiger partial charge in [0.2, 0.25) is 5.60 Å². The van der Waals surface area contributed by atoms with Crippen LogP contribution in [0.25, 0.3) is 5.52 Å². The molecule has 0 amide bonds. The third-order valence-electron chi connectivity index (χ3n) is 6.50. The third kappa shape index (κ3) is 5.78. The Hall–Kier alpha value is -4.14. The van der Waals surface area contributed by atoms with Crippen molar-refractivity contribution in [1.29, 1.82) is 0 Å². The number of hydrogen-bond donors (Lipinski definition) is 0. The van der Waals surface area contributed by atoms with Crippen LogP contribution in [0, 0.1) is 0 Å². The predicted octanol–water partition coefficient (Wildman–Crippen LogP) is 3.96. The molecule has 0 bridgehead atoms. The lowest BCUT2D eigenvalue weighted by molar-refractivity contribution is -0.117. The van der Waals surface area contributed by atoms with Crippen LogP contribution in [-0.4, -0.2) is 100 Å². The van der Waals surface area contributed by atoms with Crippen molar-refractivity contribution in [3.63, 3.8) is 0 Å². The summed E-state index contributed by atoms with van der Waals surface area (Å²) in [7, 11) is 3.64. The van der Waals surface area contributed by atoms with Gasteiger partial charge in [-0.05, 0) is 60.6 Å². The van der Waals surface area contributed by atoms with Crippen molar-refractivity contribution in [2.45, 2.75) is 96.3 Å². The molecule has 0 N–H and O–H groups in total. The summed E-state index contributed by atoms with van der Waals surface area (Å²) in [4.78, 5) is 48.7. The number of carbonyl (C=O) groups is 3. The molecule has 2 fully saturated rings. The monoisotopic (exact) mass is 591 g/mol. The molecule has 230 valence electrons. The molecule has 1 saturated heterocycles. The maximum Gasteiger partial charge on any atom is 0.509 e. The molecule has 0 spiro atoms. The van der Waals surface area contributed by atoms with Gasteiger partial charge < -0.3 is 38.1 Å². The number of nitrogens with zero attached hydrogens (tertiary/aromatic N) is 5. The first-order valence-electron chi connectivity index (χ1n) is 13.5. The molecule has 0 aromatic carbocycles. The van der Waals surface area contributed by atoms with E-state index in [1.165, 1.54) is 10.8 Å². The summed E-state index contributed by atoms with van der Waals surface area (Å²) in [6.07, 6.45) is -5.40. The molecule has 5 atom stereocenters. The van der Waals surface area contributed by atoms with Crippen molar-refractivity contribution in [2.75, 3.05) is 14.1 Å². The average Bonchev–Trinajstić information content (AvgIpc) is 3.13. The number of ether oxygens (including phenoxy) is 7. The van der Waals surface area contributed by atoms with E-state index in [4.69, 9.17) is 33.2 Å². The van der Waals surface area contributed by atoms with Crippen LogP contribution in [0.2, 0.25) is 0 Å². The van der Waals surface area contributed by atoms with Gasteiger partial charge in [0, 0.05) is 14.1 Å². The van der Waals surface area contributed by atoms with Crippen LogP contribution in [0.1, 0.15) is 60.3 Å². The fourth-order valence-electron chi connectivity index (χ4n) is 4.88. The smallest absolute Gasteiger partial charge is 0.432 e. The van der Waals surface area contributed by atoms with Gasteiger partial charge in [0.15, 0.2) is 23.6 Å². The number of fused-ring (bicyclic) bond motifs is 2. The topological polar surface area (TPSA) is 162 Å². The minimum absolute atomic E-state index is 0.375. The number of carbonyl (C=O) groups excluding carboxylic acids is 3. The van der Waals surface area contributed by atoms with Crippen LogP contribution in [0.3, 0.4) is 0 Å². The average molecular weight is 592 g/mol. The third-order valence-corrected chi connectivity index (χ3v) is 6.50. The second-order valence-electron chi connectivity index (χ2n) is 11.2. The molecule has 0 radical (unpaired) electrons. The zero-order valence-electron chi connectivity index (χ0n) is 25.1. The van der Waals surface area contributed by atoms with Crippen LogP contribution in [0.5, 0.6) is 0 Å². The van der Waals surface area contributed by atoms with E-state index in [9.17, 15) is 14.4 Å². The lowest BCUT2D eigenvalue weighted by atomic mass is 10.0. The molecule has 1 aliphatic heterocycles. The first kappa shape index (κ1) is 30.8. The fraction of sp³-hybridized carbons (Fsp3) is 0.630. The molecule has 1 saturated carbocycles. The summed E-state index contributed by atoms with van der Waals surface area (Å²) < 4.78 is 40.8. The van der Waals surface area contributed by atoms with Gasteiger partial charge in [-0.3, -0.25) is 0 Å². The van der Waals surface area contributed by atoms with Crippen molar-refractivity contribution in [2.24, 2.45) is 4.99 Å². The minimum Gasteiger partial charge on any atom is -0.432 e. The Morgan fingerprint density at radius 2 is 1.57 bits per heavy atom. The molecular formula is C27H37N5O10. The fourth-order valence-corrected chi connectivity index (χ4v) is 4.88. The molecular weight excluding hydrogens is 554 g/mol. The van der Waals surface area contributed by atoms with Crippen LogP contribution in [-0.2, 0) is 33.2 Å². The van der Waals surface area contributed by atoms with Crippen LogP contribution >= 0.6 is 0 Å². The second kappa shape index (κ2) is 11.6. The molecule has 15 nitrogen and oxygen atoms in total. The van der Waals surface area contributed by atoms with Crippen LogP contribution < -0.4 is 0 Å². The van der Waals surface area contributed by atoms with E-state index in [2.05, 4.69) is 15.1 Å². The normalized spacial score (nSPS) is 26.4. The molecule has 3 heterocycles. The standard InChI is InChI=1S/C27H37N5O10/c1-14(2)36-23(33)39-20-19(17-10-11-18-21(29-13-31(8)9)28-12-30-32(17)18)41-26(7)22(40-24(34)37-15(3)4)27(20,26)42-25(35)38-16(5)6/h10-16,19-20,22H,1-9H3/t19-,20-,22?,26+,27+/m0/s1. The van der Waals surface area contributed by atoms with E-state index in [0.717, 1.165) is 0 Å². The van der Waals surface area contributed by atoms with Gasteiger partial charge in [-0.15, -0.1) is 0 Å².